The standard InChI is InChI=1S/C15H12O2/c1-10-9-17-15-7-6-11(8-13(10)15)12-4-2-3-5-14(12)16/h2-9,16H,1H3. The van der Waals surface area contributed by atoms with Gasteiger partial charge in [0, 0.05) is 10.9 Å². The third-order valence-electron chi connectivity index (χ3n) is 2.98. The molecule has 2 heteroatoms. The topological polar surface area (TPSA) is 33.4 Å². The van der Waals surface area contributed by atoms with Gasteiger partial charge in [0.1, 0.15) is 11.3 Å². The van der Waals surface area contributed by atoms with Crippen LogP contribution >= 0.6 is 0 Å². The molecule has 0 aliphatic rings. The summed E-state index contributed by atoms with van der Waals surface area (Å²) in [6.45, 7) is 2.01. The molecule has 2 nitrogen and oxygen atoms in total. The number of hydrogen-bond acceptors (Lipinski definition) is 2. The van der Waals surface area contributed by atoms with E-state index in [0.717, 1.165) is 27.7 Å². The van der Waals surface area contributed by atoms with Crippen LogP contribution in [0.3, 0.4) is 0 Å². The van der Waals surface area contributed by atoms with Crippen LogP contribution in [0, 0.1) is 6.92 Å². The van der Waals surface area contributed by atoms with Crippen LogP contribution < -0.4 is 0 Å². The van der Waals surface area contributed by atoms with Gasteiger partial charge in [-0.25, -0.2) is 0 Å². The van der Waals surface area contributed by atoms with E-state index in [9.17, 15) is 5.11 Å². The minimum atomic E-state index is 0.299. The average molecular weight is 224 g/mol. The van der Waals surface area contributed by atoms with Gasteiger partial charge in [0.2, 0.25) is 0 Å². The quantitative estimate of drug-likeness (QED) is 0.674. The normalized spacial score (nSPS) is 10.9. The number of benzene rings is 2. The first-order valence-corrected chi connectivity index (χ1v) is 5.52. The van der Waals surface area contributed by atoms with Crippen molar-refractivity contribution in [3.05, 3.63) is 54.3 Å². The van der Waals surface area contributed by atoms with Crippen LogP contribution in [-0.4, -0.2) is 5.11 Å². The molecule has 1 heterocycles. The number of aromatic hydroxyl groups is 1. The van der Waals surface area contributed by atoms with Gasteiger partial charge in [-0.15, -0.1) is 0 Å². The van der Waals surface area contributed by atoms with E-state index in [0.29, 0.717) is 5.75 Å². The summed E-state index contributed by atoms with van der Waals surface area (Å²) in [5, 5.41) is 10.9. The molecular formula is C15H12O2. The molecule has 0 saturated heterocycles. The third kappa shape index (κ3) is 1.58. The first kappa shape index (κ1) is 9.97. The van der Waals surface area contributed by atoms with E-state index in [1.54, 1.807) is 12.3 Å². The summed E-state index contributed by atoms with van der Waals surface area (Å²) in [7, 11) is 0. The van der Waals surface area contributed by atoms with Crippen molar-refractivity contribution in [1.82, 2.24) is 0 Å². The van der Waals surface area contributed by atoms with Gasteiger partial charge in [-0.2, -0.15) is 0 Å². The Kier molecular flexibility index (Phi) is 2.15. The summed E-state index contributed by atoms with van der Waals surface area (Å²) >= 11 is 0. The second kappa shape index (κ2) is 3.67. The number of hydrogen-bond donors (Lipinski definition) is 1. The largest absolute Gasteiger partial charge is 0.507 e. The Hall–Kier alpha value is -2.22. The van der Waals surface area contributed by atoms with Crippen LogP contribution in [0.25, 0.3) is 22.1 Å². The Morgan fingerprint density at radius 3 is 2.71 bits per heavy atom. The number of rotatable bonds is 1. The molecule has 3 aromatic rings. The maximum atomic E-state index is 9.83. The van der Waals surface area contributed by atoms with Gasteiger partial charge in [-0.05, 0) is 36.2 Å². The van der Waals surface area contributed by atoms with E-state index in [1.165, 1.54) is 0 Å². The van der Waals surface area contributed by atoms with Gasteiger partial charge >= 0.3 is 0 Å². The first-order valence-electron chi connectivity index (χ1n) is 5.52. The lowest BCUT2D eigenvalue weighted by Crippen LogP contribution is -1.79. The van der Waals surface area contributed by atoms with Crippen LogP contribution in [0.4, 0.5) is 0 Å². The molecule has 3 rings (SSSR count). The van der Waals surface area contributed by atoms with Crippen molar-refractivity contribution in [2.45, 2.75) is 6.92 Å². The molecule has 0 fully saturated rings. The lowest BCUT2D eigenvalue weighted by molar-refractivity contribution is 0.477. The molecule has 84 valence electrons. The zero-order chi connectivity index (χ0) is 11.8. The Balaban J connectivity index is 2.24. The fourth-order valence-corrected chi connectivity index (χ4v) is 2.04. The molecule has 0 aliphatic carbocycles. The monoisotopic (exact) mass is 224 g/mol. The second-order valence-corrected chi connectivity index (χ2v) is 4.15. The molecule has 0 spiro atoms. The van der Waals surface area contributed by atoms with Gasteiger partial charge in [0.15, 0.2) is 0 Å². The Bertz CT molecular complexity index is 680. The summed E-state index contributed by atoms with van der Waals surface area (Å²) in [5.41, 5.74) is 3.83. The molecule has 1 N–H and O–H groups in total. The predicted octanol–water partition coefficient (Wildman–Crippen LogP) is 4.11. The Morgan fingerprint density at radius 2 is 1.88 bits per heavy atom. The van der Waals surface area contributed by atoms with E-state index in [1.807, 2.05) is 43.3 Å². The van der Waals surface area contributed by atoms with E-state index < -0.39 is 0 Å². The SMILES string of the molecule is Cc1coc2ccc(-c3ccccc3O)cc12. The molecule has 0 bridgehead atoms. The van der Waals surface area contributed by atoms with E-state index in [4.69, 9.17) is 4.42 Å². The molecule has 1 aromatic heterocycles. The van der Waals surface area contributed by atoms with Crippen molar-refractivity contribution < 1.29 is 9.52 Å². The highest BCUT2D eigenvalue weighted by Gasteiger charge is 2.07. The zero-order valence-corrected chi connectivity index (χ0v) is 9.47. The highest BCUT2D eigenvalue weighted by atomic mass is 16.3. The maximum Gasteiger partial charge on any atom is 0.134 e. The lowest BCUT2D eigenvalue weighted by Gasteiger charge is -2.04. The fraction of sp³-hybridized carbons (Fsp3) is 0.0667. The molecule has 2 aromatic carbocycles. The number of phenolic OH excluding ortho intramolecular Hbond substituents is 1. The molecule has 0 unspecified atom stereocenters. The molecule has 0 aliphatic heterocycles. The smallest absolute Gasteiger partial charge is 0.134 e. The third-order valence-corrected chi connectivity index (χ3v) is 2.98. The van der Waals surface area contributed by atoms with Gasteiger partial charge in [-0.3, -0.25) is 0 Å². The van der Waals surface area contributed by atoms with E-state index >= 15 is 0 Å². The van der Waals surface area contributed by atoms with Crippen molar-refractivity contribution in [3.8, 4) is 16.9 Å². The zero-order valence-electron chi connectivity index (χ0n) is 9.47. The van der Waals surface area contributed by atoms with Crippen LogP contribution in [0.1, 0.15) is 5.56 Å². The molecule has 17 heavy (non-hydrogen) atoms. The van der Waals surface area contributed by atoms with E-state index in [-0.39, 0.29) is 0 Å². The van der Waals surface area contributed by atoms with Gasteiger partial charge in [0.05, 0.1) is 6.26 Å². The number of fused-ring (bicyclic) bond motifs is 1. The van der Waals surface area contributed by atoms with Gasteiger partial charge in [-0.1, -0.05) is 24.3 Å². The summed E-state index contributed by atoms with van der Waals surface area (Å²) in [6.07, 6.45) is 1.75. The minimum Gasteiger partial charge on any atom is -0.507 e. The number of furan rings is 1. The lowest BCUT2D eigenvalue weighted by atomic mass is 10.0. The van der Waals surface area contributed by atoms with Gasteiger partial charge < -0.3 is 9.52 Å². The minimum absolute atomic E-state index is 0.299. The average Bonchev–Trinajstić information content (AvgIpc) is 2.71. The Labute approximate surface area is 99.1 Å². The van der Waals surface area contributed by atoms with E-state index in [2.05, 4.69) is 0 Å². The van der Waals surface area contributed by atoms with Crippen LogP contribution in [0.2, 0.25) is 0 Å². The van der Waals surface area contributed by atoms with Crippen molar-refractivity contribution in [3.63, 3.8) is 0 Å². The molecule has 0 saturated carbocycles. The Morgan fingerprint density at radius 1 is 1.06 bits per heavy atom. The molecular weight excluding hydrogens is 212 g/mol. The summed E-state index contributed by atoms with van der Waals surface area (Å²) < 4.78 is 5.41. The van der Waals surface area contributed by atoms with Crippen LogP contribution in [-0.2, 0) is 0 Å². The summed E-state index contributed by atoms with van der Waals surface area (Å²) in [4.78, 5) is 0. The number of aryl methyl sites for hydroxylation is 1. The molecule has 0 radical (unpaired) electrons. The number of para-hydroxylation sites is 1. The predicted molar refractivity (Wildman–Crippen MR) is 68.1 cm³/mol. The summed E-state index contributed by atoms with van der Waals surface area (Å²) in [6, 6.07) is 13.3. The maximum absolute atomic E-state index is 9.83. The molecule has 0 atom stereocenters. The van der Waals surface area contributed by atoms with Crippen LogP contribution in [0.5, 0.6) is 5.75 Å². The van der Waals surface area contributed by atoms with Gasteiger partial charge in [0.25, 0.3) is 0 Å². The van der Waals surface area contributed by atoms with Crippen LogP contribution in [0.15, 0.2) is 53.1 Å². The van der Waals surface area contributed by atoms with Crippen molar-refractivity contribution in [2.75, 3.05) is 0 Å². The molecule has 0 amide bonds. The first-order chi connectivity index (χ1) is 8.25. The van der Waals surface area contributed by atoms with Crippen molar-refractivity contribution in [1.29, 1.82) is 0 Å². The second-order valence-electron chi connectivity index (χ2n) is 4.15. The number of phenols is 1. The highest BCUT2D eigenvalue weighted by molar-refractivity contribution is 5.87. The van der Waals surface area contributed by atoms with Crippen molar-refractivity contribution >= 4 is 11.0 Å². The van der Waals surface area contributed by atoms with Crippen molar-refractivity contribution in [2.24, 2.45) is 0 Å². The fourth-order valence-electron chi connectivity index (χ4n) is 2.04. The summed E-state index contributed by atoms with van der Waals surface area (Å²) in [5.74, 6) is 0.299. The highest BCUT2D eigenvalue weighted by Crippen LogP contribution is 2.32.